The Morgan fingerprint density at radius 3 is 2.54 bits per heavy atom. The van der Waals surface area contributed by atoms with Gasteiger partial charge >= 0.3 is 0 Å². The van der Waals surface area contributed by atoms with Gasteiger partial charge in [0, 0.05) is 6.54 Å². The number of β-amino-alcohol motifs (C(OH)–C–C–N with tert-alkyl or cyclic N) is 1. The van der Waals surface area contributed by atoms with Crippen LogP contribution >= 0.6 is 0 Å². The second-order valence-electron chi connectivity index (χ2n) is 7.59. The topological polar surface area (TPSA) is 114 Å². The third kappa shape index (κ3) is 11.4. The Bertz CT molecular complexity index is 369. The molecule has 1 aliphatic heterocycles. The maximum atomic E-state index is 11.8. The Morgan fingerprint density at radius 2 is 2.08 bits per heavy atom. The van der Waals surface area contributed by atoms with E-state index in [4.69, 9.17) is 5.73 Å². The number of nitrogens with two attached hydrogens (primary N) is 1. The average molecular weight is 345 g/mol. The Hall–Kier alpha value is -1.18. The quantitative estimate of drug-likeness (QED) is 0.541. The summed E-state index contributed by atoms with van der Waals surface area (Å²) in [6.07, 6.45) is 1.91. The first-order chi connectivity index (χ1) is 11.1. The summed E-state index contributed by atoms with van der Waals surface area (Å²) in [5.74, 6) is 0.251. The number of hydrogen-bond donors (Lipinski definition) is 4. The van der Waals surface area contributed by atoms with Gasteiger partial charge in [-0.3, -0.25) is 9.59 Å². The van der Waals surface area contributed by atoms with Crippen LogP contribution in [0.2, 0.25) is 0 Å². The van der Waals surface area contributed by atoms with E-state index in [-0.39, 0.29) is 17.6 Å². The molecular weight excluding hydrogens is 310 g/mol. The first-order valence-corrected chi connectivity index (χ1v) is 8.63. The number of carbonyl (C=O) groups excluding carboxylic acids is 2. The average Bonchev–Trinajstić information content (AvgIpc) is 2.62. The normalized spacial score (nSPS) is 22.7. The predicted octanol–water partition coefficient (Wildman–Crippen LogP) is 0.547. The van der Waals surface area contributed by atoms with Crippen LogP contribution in [0, 0.1) is 5.92 Å². The smallest absolute Gasteiger partial charge is 0.293 e. The van der Waals surface area contributed by atoms with Gasteiger partial charge in [-0.15, -0.1) is 0 Å². The maximum absolute atomic E-state index is 11.8. The van der Waals surface area contributed by atoms with Gasteiger partial charge in [-0.05, 0) is 52.5 Å². The minimum Gasteiger partial charge on any atom is -0.462 e. The second kappa shape index (κ2) is 11.4. The molecule has 0 aliphatic carbocycles. The molecule has 24 heavy (non-hydrogen) atoms. The molecule has 0 spiro atoms. The molecule has 7 nitrogen and oxygen atoms in total. The molecule has 1 saturated heterocycles. The third-order valence-electron chi connectivity index (χ3n) is 3.48. The van der Waals surface area contributed by atoms with Gasteiger partial charge < -0.3 is 26.2 Å². The van der Waals surface area contributed by atoms with E-state index in [1.54, 1.807) is 0 Å². The minimum atomic E-state index is -0.521. The van der Waals surface area contributed by atoms with Crippen LogP contribution in [-0.4, -0.2) is 54.4 Å². The Labute approximate surface area is 145 Å². The molecule has 0 bridgehead atoms. The van der Waals surface area contributed by atoms with Crippen molar-refractivity contribution >= 4 is 12.4 Å². The molecule has 3 atom stereocenters. The molecule has 1 fully saturated rings. The molecule has 0 radical (unpaired) electrons. The molecule has 142 valence electrons. The van der Waals surface area contributed by atoms with E-state index in [0.29, 0.717) is 25.4 Å². The molecular formula is C17H35N3O4. The van der Waals surface area contributed by atoms with Crippen molar-refractivity contribution in [2.45, 2.75) is 77.7 Å². The molecule has 0 saturated carbocycles. The number of rotatable bonds is 5. The van der Waals surface area contributed by atoms with Crippen molar-refractivity contribution in [2.75, 3.05) is 13.1 Å². The van der Waals surface area contributed by atoms with Gasteiger partial charge in [0.2, 0.25) is 5.91 Å². The van der Waals surface area contributed by atoms with Crippen molar-refractivity contribution in [1.82, 2.24) is 10.6 Å². The van der Waals surface area contributed by atoms with Gasteiger partial charge in [0.1, 0.15) is 5.60 Å². The summed E-state index contributed by atoms with van der Waals surface area (Å²) in [5, 5.41) is 15.8. The first kappa shape index (κ1) is 22.8. The maximum Gasteiger partial charge on any atom is 0.293 e. The zero-order valence-corrected chi connectivity index (χ0v) is 15.7. The van der Waals surface area contributed by atoms with Crippen LogP contribution in [0.1, 0.15) is 53.9 Å². The van der Waals surface area contributed by atoms with Crippen molar-refractivity contribution in [3.63, 3.8) is 0 Å². The van der Waals surface area contributed by atoms with Gasteiger partial charge in [-0.1, -0.05) is 13.8 Å². The summed E-state index contributed by atoms with van der Waals surface area (Å²) in [7, 11) is 0. The number of hydrogen-bond acceptors (Lipinski definition) is 6. The van der Waals surface area contributed by atoms with E-state index >= 15 is 0 Å². The molecule has 1 heterocycles. The lowest BCUT2D eigenvalue weighted by atomic mass is 10.0. The Morgan fingerprint density at radius 1 is 1.46 bits per heavy atom. The number of ether oxygens (including phenoxy) is 1. The highest BCUT2D eigenvalue weighted by molar-refractivity contribution is 5.81. The summed E-state index contributed by atoms with van der Waals surface area (Å²) < 4.78 is 4.55. The lowest BCUT2D eigenvalue weighted by Crippen LogP contribution is -2.51. The minimum absolute atomic E-state index is 0.148. The van der Waals surface area contributed by atoms with E-state index in [1.165, 1.54) is 0 Å². The molecule has 0 aromatic carbocycles. The molecule has 0 aromatic rings. The molecule has 1 rings (SSSR count). The molecule has 1 amide bonds. The highest BCUT2D eigenvalue weighted by Gasteiger charge is 2.25. The van der Waals surface area contributed by atoms with Crippen LogP contribution in [-0.2, 0) is 14.3 Å². The van der Waals surface area contributed by atoms with Crippen LogP contribution < -0.4 is 16.4 Å². The molecule has 0 aromatic heterocycles. The summed E-state index contributed by atoms with van der Waals surface area (Å²) in [6.45, 7) is 11.4. The summed E-state index contributed by atoms with van der Waals surface area (Å²) in [4.78, 5) is 21.4. The number of nitrogens with one attached hydrogen (secondary N) is 2. The van der Waals surface area contributed by atoms with Gasteiger partial charge in [0.25, 0.3) is 6.47 Å². The van der Waals surface area contributed by atoms with Crippen LogP contribution in [0.5, 0.6) is 0 Å². The Kier molecular flexibility index (Phi) is 10.8. The van der Waals surface area contributed by atoms with Gasteiger partial charge in [0.05, 0.1) is 18.2 Å². The van der Waals surface area contributed by atoms with E-state index in [0.717, 1.165) is 19.4 Å². The van der Waals surface area contributed by atoms with E-state index in [1.807, 2.05) is 34.6 Å². The molecule has 1 aliphatic rings. The SMILES string of the molecule is CC(C)(C)OC=O.CC(C)CC(N)C(=O)NC1CCCNCC1O. The largest absolute Gasteiger partial charge is 0.462 e. The van der Waals surface area contributed by atoms with Crippen molar-refractivity contribution in [1.29, 1.82) is 0 Å². The second-order valence-corrected chi connectivity index (χ2v) is 7.59. The van der Waals surface area contributed by atoms with Crippen molar-refractivity contribution in [2.24, 2.45) is 11.7 Å². The number of aliphatic hydroxyl groups is 1. The van der Waals surface area contributed by atoms with Gasteiger partial charge in [-0.25, -0.2) is 0 Å². The zero-order valence-electron chi connectivity index (χ0n) is 15.7. The summed E-state index contributed by atoms with van der Waals surface area (Å²) in [6, 6.07) is -0.644. The van der Waals surface area contributed by atoms with Crippen LogP contribution in [0.25, 0.3) is 0 Å². The standard InChI is InChI=1S/C12H25N3O2.C5H10O2/c1-8(2)6-9(13)12(17)15-10-4-3-5-14-7-11(10)16;1-5(2,3)7-4-6/h8-11,14,16H,3-7,13H2,1-2H3,(H,15,17);4H,1-3H3. The molecule has 7 heteroatoms. The summed E-state index contributed by atoms with van der Waals surface area (Å²) in [5.41, 5.74) is 5.49. The van der Waals surface area contributed by atoms with E-state index < -0.39 is 12.1 Å². The highest BCUT2D eigenvalue weighted by atomic mass is 16.5. The number of aliphatic hydroxyl groups excluding tert-OH is 1. The fraction of sp³-hybridized carbons (Fsp3) is 0.882. The lowest BCUT2D eigenvalue weighted by Gasteiger charge is -2.23. The third-order valence-corrected chi connectivity index (χ3v) is 3.48. The Balaban J connectivity index is 0.000000640. The monoisotopic (exact) mass is 345 g/mol. The van der Waals surface area contributed by atoms with Crippen LogP contribution in [0.4, 0.5) is 0 Å². The highest BCUT2D eigenvalue weighted by Crippen LogP contribution is 2.08. The predicted molar refractivity (Wildman–Crippen MR) is 94.4 cm³/mol. The van der Waals surface area contributed by atoms with Gasteiger partial charge in [0.15, 0.2) is 0 Å². The first-order valence-electron chi connectivity index (χ1n) is 8.63. The van der Waals surface area contributed by atoms with Crippen molar-refractivity contribution < 1.29 is 19.4 Å². The number of amides is 1. The fourth-order valence-corrected chi connectivity index (χ4v) is 2.25. The fourth-order valence-electron chi connectivity index (χ4n) is 2.25. The molecule has 3 unspecified atom stereocenters. The lowest BCUT2D eigenvalue weighted by molar-refractivity contribution is -0.138. The zero-order chi connectivity index (χ0) is 18.8. The van der Waals surface area contributed by atoms with Crippen LogP contribution in [0.3, 0.4) is 0 Å². The van der Waals surface area contributed by atoms with Gasteiger partial charge in [-0.2, -0.15) is 0 Å². The summed E-state index contributed by atoms with van der Waals surface area (Å²) >= 11 is 0. The van der Waals surface area contributed by atoms with Crippen LogP contribution in [0.15, 0.2) is 0 Å². The van der Waals surface area contributed by atoms with Crippen molar-refractivity contribution in [3.8, 4) is 0 Å². The van der Waals surface area contributed by atoms with Crippen molar-refractivity contribution in [3.05, 3.63) is 0 Å². The van der Waals surface area contributed by atoms with E-state index in [9.17, 15) is 14.7 Å². The molecule has 5 N–H and O–H groups in total. The number of carbonyl (C=O) groups is 2. The van der Waals surface area contributed by atoms with E-state index in [2.05, 4.69) is 15.4 Å².